The topological polar surface area (TPSA) is 72.6 Å². The Morgan fingerprint density at radius 2 is 2.00 bits per heavy atom. The summed E-state index contributed by atoms with van der Waals surface area (Å²) in [5.41, 5.74) is 6.68. The molecule has 0 aliphatic rings. The molecule has 0 radical (unpaired) electrons. The molecule has 1 aromatic carbocycles. The van der Waals surface area contributed by atoms with Crippen LogP contribution in [0.2, 0.25) is 0 Å². The Bertz CT molecular complexity index is 471. The highest BCUT2D eigenvalue weighted by Gasteiger charge is 2.19. The van der Waals surface area contributed by atoms with E-state index >= 15 is 0 Å². The minimum Gasteiger partial charge on any atom is -0.465 e. The second-order valence-electron chi connectivity index (χ2n) is 4.30. The lowest BCUT2D eigenvalue weighted by molar-refractivity contribution is -0.143. The summed E-state index contributed by atoms with van der Waals surface area (Å²) in [4.78, 5) is 25.4. The fourth-order valence-corrected chi connectivity index (χ4v) is 2.31. The van der Waals surface area contributed by atoms with Gasteiger partial charge in [-0.3, -0.25) is 9.59 Å². The van der Waals surface area contributed by atoms with Crippen LogP contribution in [0.15, 0.2) is 22.7 Å². The van der Waals surface area contributed by atoms with Crippen LogP contribution in [0.3, 0.4) is 0 Å². The third kappa shape index (κ3) is 4.85. The zero-order chi connectivity index (χ0) is 15.1. The third-order valence-corrected chi connectivity index (χ3v) is 3.03. The van der Waals surface area contributed by atoms with Gasteiger partial charge >= 0.3 is 5.97 Å². The van der Waals surface area contributed by atoms with E-state index in [2.05, 4.69) is 15.9 Å². The van der Waals surface area contributed by atoms with Gasteiger partial charge in [-0.25, -0.2) is 0 Å². The van der Waals surface area contributed by atoms with Crippen LogP contribution >= 0.6 is 15.9 Å². The van der Waals surface area contributed by atoms with Gasteiger partial charge in [0.2, 0.25) is 0 Å². The van der Waals surface area contributed by atoms with Gasteiger partial charge in [0.1, 0.15) is 6.54 Å². The number of carbonyl (C=O) groups excluding carboxylic acids is 2. The number of rotatable bonds is 6. The van der Waals surface area contributed by atoms with Gasteiger partial charge in [-0.1, -0.05) is 22.9 Å². The zero-order valence-corrected chi connectivity index (χ0v) is 13.3. The Kier molecular flexibility index (Phi) is 6.51. The molecular weight excluding hydrogens is 324 g/mol. The van der Waals surface area contributed by atoms with E-state index in [0.29, 0.717) is 24.4 Å². The van der Waals surface area contributed by atoms with E-state index in [1.54, 1.807) is 25.1 Å². The monoisotopic (exact) mass is 342 g/mol. The molecule has 0 atom stereocenters. The summed E-state index contributed by atoms with van der Waals surface area (Å²) in [7, 11) is 0. The molecule has 0 aliphatic heterocycles. The van der Waals surface area contributed by atoms with Gasteiger partial charge < -0.3 is 15.4 Å². The average molecular weight is 343 g/mol. The second kappa shape index (κ2) is 7.89. The fraction of sp³-hybridized carbons (Fsp3) is 0.429. The van der Waals surface area contributed by atoms with Crippen LogP contribution in [0.1, 0.15) is 30.6 Å². The molecule has 0 saturated carbocycles. The Balaban J connectivity index is 2.89. The van der Waals surface area contributed by atoms with Gasteiger partial charge in [-0.05, 0) is 31.5 Å². The van der Waals surface area contributed by atoms with Crippen molar-refractivity contribution in [2.75, 3.05) is 25.4 Å². The van der Waals surface area contributed by atoms with E-state index < -0.39 is 5.97 Å². The lowest BCUT2D eigenvalue weighted by Gasteiger charge is -2.21. The van der Waals surface area contributed by atoms with Gasteiger partial charge in [0.15, 0.2) is 0 Å². The quantitative estimate of drug-likeness (QED) is 0.636. The molecule has 110 valence electrons. The van der Waals surface area contributed by atoms with Crippen molar-refractivity contribution in [3.63, 3.8) is 0 Å². The molecule has 6 heteroatoms. The molecule has 5 nitrogen and oxygen atoms in total. The van der Waals surface area contributed by atoms with Crippen molar-refractivity contribution >= 4 is 33.5 Å². The van der Waals surface area contributed by atoms with Crippen LogP contribution in [0, 0.1) is 0 Å². The van der Waals surface area contributed by atoms with Gasteiger partial charge in [0, 0.05) is 22.3 Å². The predicted octanol–water partition coefficient (Wildman–Crippen LogP) is 2.45. The van der Waals surface area contributed by atoms with Crippen LogP contribution < -0.4 is 5.73 Å². The maximum absolute atomic E-state index is 12.4. The van der Waals surface area contributed by atoms with Crippen LogP contribution in [-0.2, 0) is 9.53 Å². The summed E-state index contributed by atoms with van der Waals surface area (Å²) >= 11 is 3.30. The molecular formula is C14H19BrN2O3. The Morgan fingerprint density at radius 1 is 1.30 bits per heavy atom. The summed E-state index contributed by atoms with van der Waals surface area (Å²) in [6, 6.07) is 5.00. The van der Waals surface area contributed by atoms with E-state index in [4.69, 9.17) is 10.5 Å². The molecule has 1 aromatic rings. The molecule has 0 fully saturated rings. The number of nitrogens with two attached hydrogens (primary N) is 1. The summed E-state index contributed by atoms with van der Waals surface area (Å²) in [5, 5.41) is 0. The Morgan fingerprint density at radius 3 is 2.55 bits per heavy atom. The number of nitrogen functional groups attached to an aromatic ring is 1. The van der Waals surface area contributed by atoms with Crippen molar-refractivity contribution in [1.29, 1.82) is 0 Å². The van der Waals surface area contributed by atoms with E-state index in [9.17, 15) is 9.59 Å². The lowest BCUT2D eigenvalue weighted by Crippen LogP contribution is -2.37. The van der Waals surface area contributed by atoms with E-state index in [1.807, 2.05) is 6.92 Å². The van der Waals surface area contributed by atoms with E-state index in [1.165, 1.54) is 4.90 Å². The summed E-state index contributed by atoms with van der Waals surface area (Å²) in [6.45, 7) is 4.42. The van der Waals surface area contributed by atoms with E-state index in [0.717, 1.165) is 10.9 Å². The summed E-state index contributed by atoms with van der Waals surface area (Å²) < 4.78 is 5.62. The number of hydrogen-bond donors (Lipinski definition) is 1. The highest BCUT2D eigenvalue weighted by molar-refractivity contribution is 9.10. The number of esters is 1. The number of benzene rings is 1. The molecule has 0 aliphatic carbocycles. The number of ether oxygens (including phenoxy) is 1. The molecule has 0 aromatic heterocycles. The number of amides is 1. The fourth-order valence-electron chi connectivity index (χ4n) is 1.80. The minimum absolute atomic E-state index is 0.0487. The number of carbonyl (C=O) groups is 2. The van der Waals surface area contributed by atoms with Crippen molar-refractivity contribution < 1.29 is 14.3 Å². The molecule has 1 rings (SSSR count). The van der Waals surface area contributed by atoms with Gasteiger partial charge in [0.25, 0.3) is 5.91 Å². The molecule has 2 N–H and O–H groups in total. The normalized spacial score (nSPS) is 10.2. The average Bonchev–Trinajstić information content (AvgIpc) is 2.36. The maximum Gasteiger partial charge on any atom is 0.325 e. The summed E-state index contributed by atoms with van der Waals surface area (Å²) in [6.07, 6.45) is 0.759. The number of nitrogens with zero attached hydrogens (tertiary/aromatic N) is 1. The Labute approximate surface area is 127 Å². The SMILES string of the molecule is CCCN(CC(=O)OCC)C(=O)c1cc(N)cc(Br)c1. The maximum atomic E-state index is 12.4. The molecule has 0 unspecified atom stereocenters. The van der Waals surface area contributed by atoms with Crippen molar-refractivity contribution in [2.45, 2.75) is 20.3 Å². The van der Waals surface area contributed by atoms with E-state index in [-0.39, 0.29) is 12.5 Å². The van der Waals surface area contributed by atoms with Crippen molar-refractivity contribution in [3.05, 3.63) is 28.2 Å². The van der Waals surface area contributed by atoms with Crippen LogP contribution in [0.25, 0.3) is 0 Å². The van der Waals surface area contributed by atoms with Crippen LogP contribution in [0.4, 0.5) is 5.69 Å². The molecule has 0 heterocycles. The zero-order valence-electron chi connectivity index (χ0n) is 11.7. The standard InChI is InChI=1S/C14H19BrN2O3/c1-3-5-17(9-13(18)20-4-2)14(19)10-6-11(15)8-12(16)7-10/h6-8H,3-5,9,16H2,1-2H3. The number of anilines is 1. The van der Waals surface area contributed by atoms with Gasteiger partial charge in [-0.2, -0.15) is 0 Å². The second-order valence-corrected chi connectivity index (χ2v) is 5.22. The first kappa shape index (κ1) is 16.5. The molecule has 1 amide bonds. The molecule has 0 saturated heterocycles. The predicted molar refractivity (Wildman–Crippen MR) is 81.4 cm³/mol. The summed E-state index contributed by atoms with van der Waals surface area (Å²) in [5.74, 6) is -0.634. The van der Waals surface area contributed by atoms with Crippen LogP contribution in [0.5, 0.6) is 0 Å². The number of halogens is 1. The third-order valence-electron chi connectivity index (χ3n) is 2.57. The van der Waals surface area contributed by atoms with Crippen molar-refractivity contribution in [1.82, 2.24) is 4.90 Å². The largest absolute Gasteiger partial charge is 0.465 e. The first-order valence-corrected chi connectivity index (χ1v) is 7.28. The molecule has 0 bridgehead atoms. The van der Waals surface area contributed by atoms with Crippen molar-refractivity contribution in [3.8, 4) is 0 Å². The Hall–Kier alpha value is -1.56. The van der Waals surface area contributed by atoms with Gasteiger partial charge in [-0.15, -0.1) is 0 Å². The molecule has 0 spiro atoms. The van der Waals surface area contributed by atoms with Gasteiger partial charge in [0.05, 0.1) is 6.61 Å². The lowest BCUT2D eigenvalue weighted by atomic mass is 10.1. The highest BCUT2D eigenvalue weighted by Crippen LogP contribution is 2.18. The van der Waals surface area contributed by atoms with Crippen LogP contribution in [-0.4, -0.2) is 36.5 Å². The minimum atomic E-state index is -0.405. The molecule has 20 heavy (non-hydrogen) atoms. The van der Waals surface area contributed by atoms with Crippen molar-refractivity contribution in [2.24, 2.45) is 0 Å². The highest BCUT2D eigenvalue weighted by atomic mass is 79.9. The smallest absolute Gasteiger partial charge is 0.325 e. The first-order chi connectivity index (χ1) is 9.47. The number of hydrogen-bond acceptors (Lipinski definition) is 4. The first-order valence-electron chi connectivity index (χ1n) is 6.48.